The first-order valence-electron chi connectivity index (χ1n) is 4.94. The minimum Gasteiger partial charge on any atom is -0.389 e. The second-order valence-corrected chi connectivity index (χ2v) is 4.58. The number of aromatic nitrogens is 3. The standard InChI is InChI=1S/C10H14N4S/c1-3-4-8-13-9(10(11)15-8)7-5-12-6-14(7)2/h5-6H,3-4,11H2,1-2H3. The molecule has 5 heteroatoms. The molecule has 2 aromatic rings. The van der Waals surface area contributed by atoms with Gasteiger partial charge in [-0.3, -0.25) is 0 Å². The van der Waals surface area contributed by atoms with Crippen LogP contribution in [-0.2, 0) is 13.5 Å². The fraction of sp³-hybridized carbons (Fsp3) is 0.400. The van der Waals surface area contributed by atoms with Gasteiger partial charge in [-0.15, -0.1) is 11.3 Å². The van der Waals surface area contributed by atoms with Crippen molar-refractivity contribution >= 4 is 16.3 Å². The lowest BCUT2D eigenvalue weighted by Gasteiger charge is -1.98. The number of hydrogen-bond acceptors (Lipinski definition) is 4. The Morgan fingerprint density at radius 2 is 2.33 bits per heavy atom. The topological polar surface area (TPSA) is 56.7 Å². The largest absolute Gasteiger partial charge is 0.389 e. The summed E-state index contributed by atoms with van der Waals surface area (Å²) in [5.74, 6) is 0. The molecule has 0 radical (unpaired) electrons. The molecule has 0 aromatic carbocycles. The van der Waals surface area contributed by atoms with Crippen molar-refractivity contribution in [3.8, 4) is 11.4 Å². The van der Waals surface area contributed by atoms with Crippen molar-refractivity contribution in [1.29, 1.82) is 0 Å². The summed E-state index contributed by atoms with van der Waals surface area (Å²) in [5.41, 5.74) is 7.79. The monoisotopic (exact) mass is 222 g/mol. The number of nitrogen functional groups attached to an aromatic ring is 1. The molecule has 2 aromatic heterocycles. The first kappa shape index (κ1) is 10.2. The van der Waals surface area contributed by atoms with E-state index < -0.39 is 0 Å². The number of aryl methyl sites for hydroxylation is 2. The van der Waals surface area contributed by atoms with E-state index in [0.717, 1.165) is 34.2 Å². The van der Waals surface area contributed by atoms with Crippen LogP contribution in [0.1, 0.15) is 18.4 Å². The van der Waals surface area contributed by atoms with Gasteiger partial charge in [-0.2, -0.15) is 0 Å². The van der Waals surface area contributed by atoms with E-state index in [4.69, 9.17) is 5.73 Å². The molecule has 0 fully saturated rings. The molecule has 0 unspecified atom stereocenters. The lowest BCUT2D eigenvalue weighted by atomic mass is 10.3. The van der Waals surface area contributed by atoms with E-state index in [1.807, 2.05) is 11.6 Å². The highest BCUT2D eigenvalue weighted by Crippen LogP contribution is 2.30. The number of hydrogen-bond donors (Lipinski definition) is 1. The Kier molecular flexibility index (Phi) is 2.73. The maximum absolute atomic E-state index is 5.95. The number of imidazole rings is 1. The quantitative estimate of drug-likeness (QED) is 0.865. The molecule has 80 valence electrons. The molecule has 15 heavy (non-hydrogen) atoms. The van der Waals surface area contributed by atoms with Crippen molar-refractivity contribution in [1.82, 2.24) is 14.5 Å². The molecule has 0 saturated heterocycles. The zero-order chi connectivity index (χ0) is 10.8. The highest BCUT2D eigenvalue weighted by atomic mass is 32.1. The van der Waals surface area contributed by atoms with Crippen LogP contribution in [0.15, 0.2) is 12.5 Å². The van der Waals surface area contributed by atoms with Crippen molar-refractivity contribution in [3.63, 3.8) is 0 Å². The predicted octanol–water partition coefficient (Wildman–Crippen LogP) is 2.08. The van der Waals surface area contributed by atoms with Gasteiger partial charge in [-0.25, -0.2) is 9.97 Å². The van der Waals surface area contributed by atoms with Gasteiger partial charge in [0, 0.05) is 7.05 Å². The highest BCUT2D eigenvalue weighted by Gasteiger charge is 2.12. The van der Waals surface area contributed by atoms with Gasteiger partial charge < -0.3 is 10.3 Å². The SMILES string of the molecule is CCCc1nc(-c2cncn2C)c(N)s1. The van der Waals surface area contributed by atoms with Gasteiger partial charge >= 0.3 is 0 Å². The van der Waals surface area contributed by atoms with Crippen LogP contribution in [0, 0.1) is 0 Å². The second-order valence-electron chi connectivity index (χ2n) is 3.46. The Morgan fingerprint density at radius 3 is 2.93 bits per heavy atom. The van der Waals surface area contributed by atoms with Gasteiger partial charge in [0.05, 0.1) is 23.2 Å². The Morgan fingerprint density at radius 1 is 1.53 bits per heavy atom. The van der Waals surface area contributed by atoms with Crippen LogP contribution in [-0.4, -0.2) is 14.5 Å². The minimum absolute atomic E-state index is 0.780. The molecule has 0 aliphatic heterocycles. The van der Waals surface area contributed by atoms with Crippen LogP contribution >= 0.6 is 11.3 Å². The average molecular weight is 222 g/mol. The molecule has 0 aliphatic carbocycles. The van der Waals surface area contributed by atoms with E-state index in [-0.39, 0.29) is 0 Å². The normalized spacial score (nSPS) is 10.8. The van der Waals surface area contributed by atoms with E-state index in [0.29, 0.717) is 0 Å². The second kappa shape index (κ2) is 4.02. The first-order chi connectivity index (χ1) is 7.22. The molecule has 2 rings (SSSR count). The van der Waals surface area contributed by atoms with E-state index >= 15 is 0 Å². The Bertz CT molecular complexity index is 458. The number of nitrogens with zero attached hydrogens (tertiary/aromatic N) is 3. The van der Waals surface area contributed by atoms with Crippen molar-refractivity contribution < 1.29 is 0 Å². The van der Waals surface area contributed by atoms with Gasteiger partial charge in [0.2, 0.25) is 0 Å². The van der Waals surface area contributed by atoms with Crippen LogP contribution < -0.4 is 5.73 Å². The smallest absolute Gasteiger partial charge is 0.123 e. The predicted molar refractivity (Wildman–Crippen MR) is 62.7 cm³/mol. The molecule has 4 nitrogen and oxygen atoms in total. The van der Waals surface area contributed by atoms with Gasteiger partial charge in [-0.05, 0) is 12.8 Å². The molecule has 2 N–H and O–H groups in total. The Hall–Kier alpha value is -1.36. The average Bonchev–Trinajstić information content (AvgIpc) is 2.73. The first-order valence-corrected chi connectivity index (χ1v) is 5.76. The van der Waals surface area contributed by atoms with Crippen LogP contribution in [0.4, 0.5) is 5.00 Å². The molecule has 0 bridgehead atoms. The number of anilines is 1. The lowest BCUT2D eigenvalue weighted by Crippen LogP contribution is -1.93. The molecular formula is C10H14N4S. The molecular weight excluding hydrogens is 208 g/mol. The van der Waals surface area contributed by atoms with Crippen molar-refractivity contribution in [2.45, 2.75) is 19.8 Å². The summed E-state index contributed by atoms with van der Waals surface area (Å²) in [6.07, 6.45) is 5.64. The third kappa shape index (κ3) is 1.87. The summed E-state index contributed by atoms with van der Waals surface area (Å²) in [5, 5.41) is 1.88. The minimum atomic E-state index is 0.780. The summed E-state index contributed by atoms with van der Waals surface area (Å²) in [6.45, 7) is 2.14. The molecule has 0 amide bonds. The fourth-order valence-electron chi connectivity index (χ4n) is 1.47. The maximum atomic E-state index is 5.95. The van der Waals surface area contributed by atoms with Gasteiger partial charge in [-0.1, -0.05) is 6.92 Å². The van der Waals surface area contributed by atoms with Crippen molar-refractivity contribution in [2.24, 2.45) is 7.05 Å². The van der Waals surface area contributed by atoms with Gasteiger partial charge in [0.15, 0.2) is 0 Å². The summed E-state index contributed by atoms with van der Waals surface area (Å²) >= 11 is 1.57. The third-order valence-electron chi connectivity index (χ3n) is 2.22. The highest BCUT2D eigenvalue weighted by molar-refractivity contribution is 7.16. The van der Waals surface area contributed by atoms with E-state index in [1.165, 1.54) is 0 Å². The number of thiazole rings is 1. The van der Waals surface area contributed by atoms with Crippen LogP contribution in [0.25, 0.3) is 11.4 Å². The zero-order valence-corrected chi connectivity index (χ0v) is 9.71. The van der Waals surface area contributed by atoms with E-state index in [9.17, 15) is 0 Å². The lowest BCUT2D eigenvalue weighted by molar-refractivity contribution is 0.898. The van der Waals surface area contributed by atoms with Crippen LogP contribution in [0.5, 0.6) is 0 Å². The zero-order valence-electron chi connectivity index (χ0n) is 8.90. The molecule has 0 spiro atoms. The van der Waals surface area contributed by atoms with Crippen LogP contribution in [0.2, 0.25) is 0 Å². The Balaban J connectivity index is 2.40. The molecule has 0 saturated carbocycles. The van der Waals surface area contributed by atoms with E-state index in [1.54, 1.807) is 23.9 Å². The van der Waals surface area contributed by atoms with E-state index in [2.05, 4.69) is 16.9 Å². The van der Waals surface area contributed by atoms with Crippen LogP contribution in [0.3, 0.4) is 0 Å². The molecule has 0 atom stereocenters. The summed E-state index contributed by atoms with van der Waals surface area (Å²) in [7, 11) is 1.95. The summed E-state index contributed by atoms with van der Waals surface area (Å²) in [6, 6.07) is 0. The number of rotatable bonds is 3. The van der Waals surface area contributed by atoms with Crippen molar-refractivity contribution in [2.75, 3.05) is 5.73 Å². The fourth-order valence-corrected chi connectivity index (χ4v) is 2.41. The maximum Gasteiger partial charge on any atom is 0.123 e. The third-order valence-corrected chi connectivity index (χ3v) is 3.17. The molecule has 2 heterocycles. The Labute approximate surface area is 92.8 Å². The summed E-state index contributed by atoms with van der Waals surface area (Å²) in [4.78, 5) is 8.60. The summed E-state index contributed by atoms with van der Waals surface area (Å²) < 4.78 is 1.93. The van der Waals surface area contributed by atoms with Gasteiger partial charge in [0.1, 0.15) is 10.7 Å². The number of nitrogens with two attached hydrogens (primary N) is 1. The van der Waals surface area contributed by atoms with Crippen molar-refractivity contribution in [3.05, 3.63) is 17.5 Å². The molecule has 0 aliphatic rings. The van der Waals surface area contributed by atoms with Gasteiger partial charge in [0.25, 0.3) is 0 Å².